The van der Waals surface area contributed by atoms with Crippen LogP contribution >= 0.6 is 0 Å². The second kappa shape index (κ2) is 9.37. The number of alkyl halides is 3. The Balaban J connectivity index is 2.14. The number of hydrogen-bond donors (Lipinski definition) is 4. The summed E-state index contributed by atoms with van der Waals surface area (Å²) in [6.07, 6.45) is -6.41. The first-order valence-corrected chi connectivity index (χ1v) is 8.47. The number of carbonyl (C=O) groups is 3. The predicted octanol–water partition coefficient (Wildman–Crippen LogP) is 1.62. The zero-order valence-electron chi connectivity index (χ0n) is 15.3. The number of carboxylic acid groups (broad SMARTS) is 2. The number of amides is 1. The molecule has 0 aliphatic carbocycles. The van der Waals surface area contributed by atoms with Gasteiger partial charge < -0.3 is 26.0 Å². The van der Waals surface area contributed by atoms with Crippen molar-refractivity contribution in [3.05, 3.63) is 65.2 Å². The van der Waals surface area contributed by atoms with Gasteiger partial charge in [0.15, 0.2) is 0 Å². The molecule has 2 atom stereocenters. The van der Waals surface area contributed by atoms with E-state index in [1.807, 2.05) is 0 Å². The first-order chi connectivity index (χ1) is 14.0. The van der Waals surface area contributed by atoms with Crippen LogP contribution in [0.25, 0.3) is 0 Å². The van der Waals surface area contributed by atoms with E-state index in [1.165, 1.54) is 36.4 Å². The lowest BCUT2D eigenvalue weighted by molar-refractivity contribution is -0.424. The molecule has 0 bridgehead atoms. The molecule has 0 unspecified atom stereocenters. The number of hydrogen-bond acceptors (Lipinski definition) is 4. The molecule has 0 aromatic heterocycles. The third kappa shape index (κ3) is 5.78. The molecule has 0 aliphatic rings. The van der Waals surface area contributed by atoms with Crippen molar-refractivity contribution in [3.63, 3.8) is 0 Å². The van der Waals surface area contributed by atoms with E-state index in [9.17, 15) is 27.6 Å². The molecule has 1 amide bonds. The number of anilines is 1. The number of benzene rings is 2. The van der Waals surface area contributed by atoms with Gasteiger partial charge in [0.2, 0.25) is 12.1 Å². The van der Waals surface area contributed by atoms with Crippen LogP contribution in [0.15, 0.2) is 48.5 Å². The van der Waals surface area contributed by atoms with E-state index in [2.05, 4.69) is 11.1 Å². The standard InChI is InChI=1S/C19H17F3N2O6/c20-19(21,22)13-7-2-1-6-12(13)16(25)24-11-5-3-4-10(8-11)9-30-15(18(28)29)14(23)17(26)27/h1-8,14-15H,9,23H2,(H,24,25)(H,26,27)(H,28,29)/p+1/t14-,15-/m0/s1. The second-order valence-corrected chi connectivity index (χ2v) is 6.21. The number of halogens is 3. The zero-order valence-corrected chi connectivity index (χ0v) is 15.3. The van der Waals surface area contributed by atoms with Crippen molar-refractivity contribution in [1.82, 2.24) is 0 Å². The van der Waals surface area contributed by atoms with E-state index in [4.69, 9.17) is 14.9 Å². The van der Waals surface area contributed by atoms with Gasteiger partial charge in [-0.05, 0) is 29.8 Å². The Morgan fingerprint density at radius 1 is 1.03 bits per heavy atom. The fourth-order valence-corrected chi connectivity index (χ4v) is 2.54. The minimum atomic E-state index is -4.70. The molecule has 0 radical (unpaired) electrons. The highest BCUT2D eigenvalue weighted by Gasteiger charge is 2.36. The highest BCUT2D eigenvalue weighted by atomic mass is 19.4. The van der Waals surface area contributed by atoms with E-state index in [-0.39, 0.29) is 12.3 Å². The van der Waals surface area contributed by atoms with Crippen LogP contribution in [0.3, 0.4) is 0 Å². The topological polar surface area (TPSA) is 141 Å². The highest BCUT2D eigenvalue weighted by Crippen LogP contribution is 2.32. The van der Waals surface area contributed by atoms with Crippen LogP contribution < -0.4 is 11.1 Å². The molecule has 0 aliphatic heterocycles. The van der Waals surface area contributed by atoms with Crippen molar-refractivity contribution in [2.75, 3.05) is 5.32 Å². The average Bonchev–Trinajstić information content (AvgIpc) is 2.67. The van der Waals surface area contributed by atoms with Gasteiger partial charge in [-0.25, -0.2) is 9.59 Å². The Morgan fingerprint density at radius 2 is 1.70 bits per heavy atom. The zero-order chi connectivity index (χ0) is 22.5. The fraction of sp³-hybridized carbons (Fsp3) is 0.211. The number of rotatable bonds is 8. The largest absolute Gasteiger partial charge is 0.479 e. The summed E-state index contributed by atoms with van der Waals surface area (Å²) in [5.74, 6) is -3.94. The van der Waals surface area contributed by atoms with Crippen molar-refractivity contribution in [3.8, 4) is 0 Å². The number of quaternary nitrogens is 1. The van der Waals surface area contributed by atoms with E-state index in [0.717, 1.165) is 12.1 Å². The first-order valence-electron chi connectivity index (χ1n) is 8.47. The van der Waals surface area contributed by atoms with Crippen molar-refractivity contribution in [2.45, 2.75) is 24.9 Å². The lowest BCUT2D eigenvalue weighted by atomic mass is 10.1. The molecular formula is C19H18F3N2O6+. The molecule has 6 N–H and O–H groups in total. The number of nitrogens with one attached hydrogen (secondary N) is 1. The summed E-state index contributed by atoms with van der Waals surface area (Å²) in [4.78, 5) is 34.4. The minimum Gasteiger partial charge on any atom is -0.479 e. The van der Waals surface area contributed by atoms with Crippen LogP contribution in [0.1, 0.15) is 21.5 Å². The third-order valence-electron chi connectivity index (χ3n) is 4.02. The van der Waals surface area contributed by atoms with Gasteiger partial charge in [0.1, 0.15) is 0 Å². The molecule has 0 spiro atoms. The summed E-state index contributed by atoms with van der Waals surface area (Å²) < 4.78 is 44.4. The van der Waals surface area contributed by atoms with Gasteiger partial charge in [-0.1, -0.05) is 24.3 Å². The monoisotopic (exact) mass is 427 g/mol. The summed E-state index contributed by atoms with van der Waals surface area (Å²) in [5.41, 5.74) is 2.11. The van der Waals surface area contributed by atoms with Crippen molar-refractivity contribution < 1.29 is 48.2 Å². The number of carboxylic acids is 2. The summed E-state index contributed by atoms with van der Waals surface area (Å²) in [5, 5.41) is 20.3. The summed E-state index contributed by atoms with van der Waals surface area (Å²) in [7, 11) is 0. The van der Waals surface area contributed by atoms with Crippen molar-refractivity contribution in [2.24, 2.45) is 0 Å². The molecule has 0 fully saturated rings. The quantitative estimate of drug-likeness (QED) is 0.505. The Hall–Kier alpha value is -3.44. The fourth-order valence-electron chi connectivity index (χ4n) is 2.54. The highest BCUT2D eigenvalue weighted by molar-refractivity contribution is 6.05. The maximum Gasteiger partial charge on any atom is 0.417 e. The Labute approximate surface area is 168 Å². The van der Waals surface area contributed by atoms with Crippen LogP contribution in [0, 0.1) is 0 Å². The van der Waals surface area contributed by atoms with Gasteiger partial charge in [-0.2, -0.15) is 13.2 Å². The van der Waals surface area contributed by atoms with Crippen LogP contribution in [-0.4, -0.2) is 40.2 Å². The second-order valence-electron chi connectivity index (χ2n) is 6.21. The predicted molar refractivity (Wildman–Crippen MR) is 96.4 cm³/mol. The van der Waals surface area contributed by atoms with E-state index in [0.29, 0.717) is 5.56 Å². The van der Waals surface area contributed by atoms with Crippen LogP contribution in [0.2, 0.25) is 0 Å². The Bertz CT molecular complexity index is 948. The molecular weight excluding hydrogens is 409 g/mol. The average molecular weight is 427 g/mol. The smallest absolute Gasteiger partial charge is 0.417 e. The first kappa shape index (κ1) is 22.8. The number of aliphatic carboxylic acids is 2. The van der Waals surface area contributed by atoms with Crippen molar-refractivity contribution in [1.29, 1.82) is 0 Å². The number of carbonyl (C=O) groups excluding carboxylic acids is 1. The molecule has 2 rings (SSSR count). The Kier molecular flexibility index (Phi) is 7.14. The molecule has 11 heteroatoms. The SMILES string of the molecule is [NH3+][C@H](C(=O)O)[C@H](OCc1cccc(NC(=O)c2ccccc2C(F)(F)F)c1)C(=O)O. The van der Waals surface area contributed by atoms with E-state index >= 15 is 0 Å². The van der Waals surface area contributed by atoms with Gasteiger partial charge in [-0.15, -0.1) is 0 Å². The van der Waals surface area contributed by atoms with Gasteiger partial charge >= 0.3 is 18.1 Å². The maximum atomic E-state index is 13.1. The summed E-state index contributed by atoms with van der Waals surface area (Å²) in [6, 6.07) is 8.53. The van der Waals surface area contributed by atoms with Crippen LogP contribution in [-0.2, 0) is 27.1 Å². The molecule has 160 valence electrons. The van der Waals surface area contributed by atoms with Gasteiger partial charge in [0.05, 0.1) is 17.7 Å². The summed E-state index contributed by atoms with van der Waals surface area (Å²) in [6.45, 7) is -0.320. The van der Waals surface area contributed by atoms with Gasteiger partial charge in [0, 0.05) is 5.69 Å². The van der Waals surface area contributed by atoms with E-state index < -0.39 is 47.3 Å². The molecule has 0 saturated carbocycles. The van der Waals surface area contributed by atoms with E-state index in [1.54, 1.807) is 0 Å². The maximum absolute atomic E-state index is 13.1. The normalized spacial score (nSPS) is 13.3. The minimum absolute atomic E-state index is 0.148. The van der Waals surface area contributed by atoms with Crippen LogP contribution in [0.4, 0.5) is 18.9 Å². The molecule has 30 heavy (non-hydrogen) atoms. The summed E-state index contributed by atoms with van der Waals surface area (Å²) >= 11 is 0. The Morgan fingerprint density at radius 3 is 2.30 bits per heavy atom. The van der Waals surface area contributed by atoms with Gasteiger partial charge in [0.25, 0.3) is 5.91 Å². The lowest BCUT2D eigenvalue weighted by Gasteiger charge is -2.16. The molecule has 8 nitrogen and oxygen atoms in total. The third-order valence-corrected chi connectivity index (χ3v) is 4.02. The molecule has 2 aromatic rings. The molecule has 0 heterocycles. The van der Waals surface area contributed by atoms with Crippen LogP contribution in [0.5, 0.6) is 0 Å². The molecule has 2 aromatic carbocycles. The van der Waals surface area contributed by atoms with Gasteiger partial charge in [-0.3, -0.25) is 4.79 Å². The van der Waals surface area contributed by atoms with Crippen molar-refractivity contribution >= 4 is 23.5 Å². The number of ether oxygens (including phenoxy) is 1. The molecule has 0 saturated heterocycles. The lowest BCUT2D eigenvalue weighted by Crippen LogP contribution is -2.72.